The lowest BCUT2D eigenvalue weighted by Crippen LogP contribution is -2.27. The molecule has 0 spiro atoms. The Balaban J connectivity index is 0.000000423. The molecule has 0 aromatic heterocycles. The number of carbonyl (C=O) groups excluding carboxylic acids is 9. The number of benzene rings is 3. The van der Waals surface area contributed by atoms with Crippen molar-refractivity contribution < 1.29 is 57.8 Å². The summed E-state index contributed by atoms with van der Waals surface area (Å²) in [5.41, 5.74) is 2.92. The van der Waals surface area contributed by atoms with Gasteiger partial charge in [-0.3, -0.25) is 50.0 Å². The van der Waals surface area contributed by atoms with Crippen LogP contribution >= 0.6 is 0 Å². The van der Waals surface area contributed by atoms with E-state index in [0.29, 0.717) is 27.8 Å². The van der Waals surface area contributed by atoms with Crippen molar-refractivity contribution in [2.75, 3.05) is 45.9 Å². The average molecular weight is 888 g/mol. The summed E-state index contributed by atoms with van der Waals surface area (Å²) in [7, 11) is 0. The van der Waals surface area contributed by atoms with E-state index in [-0.39, 0.29) is 35.6 Å². The van der Waals surface area contributed by atoms with E-state index in [1.807, 2.05) is 4.90 Å². The molecule has 17 heteroatoms. The van der Waals surface area contributed by atoms with Crippen LogP contribution in [-0.4, -0.2) is 119 Å². The van der Waals surface area contributed by atoms with Crippen LogP contribution in [0.15, 0.2) is 72.8 Å². The highest BCUT2D eigenvalue weighted by Crippen LogP contribution is 2.16. The van der Waals surface area contributed by atoms with Gasteiger partial charge in [0, 0.05) is 67.8 Å². The number of ether oxygens (including phenoxy) is 1. The van der Waals surface area contributed by atoms with Crippen molar-refractivity contribution in [3.05, 3.63) is 106 Å². The monoisotopic (exact) mass is 887 g/mol. The molecule has 3 saturated heterocycles. The number of carbonyl (C=O) groups is 10. The molecular weight excluding hydrogens is 827 g/mol. The normalized spacial score (nSPS) is 13.2. The summed E-state index contributed by atoms with van der Waals surface area (Å²) < 4.78 is 4.31. The lowest BCUT2D eigenvalue weighted by molar-refractivity contribution is -0.152. The van der Waals surface area contributed by atoms with Gasteiger partial charge in [0.2, 0.25) is 11.6 Å². The highest BCUT2D eigenvalue weighted by atomic mass is 16.5. The number of ketones is 6. The number of Topliss-reactive ketones (excluding diaryl/α,β-unsaturated/α-hetero) is 6. The van der Waals surface area contributed by atoms with Crippen LogP contribution in [0.5, 0.6) is 0 Å². The van der Waals surface area contributed by atoms with E-state index in [2.05, 4.69) is 21.7 Å². The van der Waals surface area contributed by atoms with Crippen LogP contribution in [-0.2, 0) is 23.9 Å². The molecule has 3 aliphatic rings. The maximum atomic E-state index is 12.1. The third-order valence-corrected chi connectivity index (χ3v) is 9.55. The molecule has 3 aromatic carbocycles. The second-order valence-corrected chi connectivity index (χ2v) is 14.5. The molecule has 0 bridgehead atoms. The zero-order chi connectivity index (χ0) is 48.2. The fraction of sp³-hybridized carbons (Fsp3) is 0.404. The summed E-state index contributed by atoms with van der Waals surface area (Å²) >= 11 is 0. The third kappa shape index (κ3) is 20.5. The van der Waals surface area contributed by atoms with Gasteiger partial charge in [-0.05, 0) is 109 Å². The molecule has 64 heavy (non-hydrogen) atoms. The van der Waals surface area contributed by atoms with Gasteiger partial charge in [-0.15, -0.1) is 0 Å². The standard InChI is InChI=1S/C16H17NO4.C13H15NO2.C9H8O3.C5H8O3.C4H9N.H4N2/c1-11(18)14(19)10-15(20)12-4-6-13(7-5-12)16(21)17-8-2-3-9-17;1-10(15)11-4-6-12(7-5-11)13(16)14-8-2-3-9-14;1-6(10)7-2-4-8(5-3-7)9(11)12;1-3-8-5(7)4(2)6;1-2-4-5-3-1;1-2/h4-7H,2-3,8-10H2,1H3;4-7H,2-3,8-9H2,1H3;2-5H,1H3,(H,11,12);3H2,1-2H3;5H,1-4H2;1-2H2. The summed E-state index contributed by atoms with van der Waals surface area (Å²) in [6, 6.07) is 19.0. The van der Waals surface area contributed by atoms with Crippen molar-refractivity contribution in [3.63, 3.8) is 0 Å². The number of amides is 2. The minimum Gasteiger partial charge on any atom is -0.478 e. The second-order valence-electron chi connectivity index (χ2n) is 14.5. The summed E-state index contributed by atoms with van der Waals surface area (Å²) in [6.45, 7) is 13.0. The topological polar surface area (TPSA) is 271 Å². The Morgan fingerprint density at radius 1 is 0.531 bits per heavy atom. The number of hydrazine groups is 1. The summed E-state index contributed by atoms with van der Waals surface area (Å²) in [5.74, 6) is 3.99. The van der Waals surface area contributed by atoms with Crippen molar-refractivity contribution in [2.45, 2.75) is 79.6 Å². The van der Waals surface area contributed by atoms with Crippen LogP contribution in [0, 0.1) is 0 Å². The van der Waals surface area contributed by atoms with E-state index in [1.165, 1.54) is 83.1 Å². The first-order valence-corrected chi connectivity index (χ1v) is 20.9. The Morgan fingerprint density at radius 2 is 0.875 bits per heavy atom. The van der Waals surface area contributed by atoms with Crippen LogP contribution < -0.4 is 17.0 Å². The van der Waals surface area contributed by atoms with Crippen LogP contribution in [0.4, 0.5) is 0 Å². The molecule has 0 aliphatic carbocycles. The largest absolute Gasteiger partial charge is 0.478 e. The Morgan fingerprint density at radius 3 is 1.14 bits per heavy atom. The lowest BCUT2D eigenvalue weighted by Gasteiger charge is -2.15. The molecule has 3 aromatic rings. The van der Waals surface area contributed by atoms with Gasteiger partial charge in [-0.1, -0.05) is 36.4 Å². The number of nitrogens with one attached hydrogen (secondary N) is 1. The Kier molecular flexibility index (Phi) is 26.4. The highest BCUT2D eigenvalue weighted by molar-refractivity contribution is 6.40. The number of carboxylic acid groups (broad SMARTS) is 1. The van der Waals surface area contributed by atoms with Crippen molar-refractivity contribution in [2.24, 2.45) is 11.7 Å². The minimum absolute atomic E-state index is 0.0279. The van der Waals surface area contributed by atoms with Crippen LogP contribution in [0.3, 0.4) is 0 Å². The number of hydrogen-bond acceptors (Lipinski definition) is 14. The zero-order valence-electron chi connectivity index (χ0n) is 37.3. The first-order chi connectivity index (χ1) is 30.5. The quantitative estimate of drug-likeness (QED) is 0.0508. The number of nitrogens with zero attached hydrogens (tertiary/aromatic N) is 2. The van der Waals surface area contributed by atoms with Crippen molar-refractivity contribution >= 4 is 58.5 Å². The number of esters is 1. The number of likely N-dealkylation sites (tertiary alicyclic amines) is 2. The molecule has 0 atom stereocenters. The van der Waals surface area contributed by atoms with Crippen LogP contribution in [0.25, 0.3) is 0 Å². The van der Waals surface area contributed by atoms with E-state index in [9.17, 15) is 47.9 Å². The van der Waals surface area contributed by atoms with Gasteiger partial charge in [0.25, 0.3) is 11.8 Å². The molecule has 346 valence electrons. The number of aromatic carboxylic acids is 1. The Labute approximate surface area is 373 Å². The van der Waals surface area contributed by atoms with Gasteiger partial charge in [-0.2, -0.15) is 0 Å². The summed E-state index contributed by atoms with van der Waals surface area (Å²) in [6.07, 6.45) is 6.59. The van der Waals surface area contributed by atoms with E-state index in [0.717, 1.165) is 58.8 Å². The fourth-order valence-electron chi connectivity index (χ4n) is 5.93. The predicted molar refractivity (Wildman–Crippen MR) is 239 cm³/mol. The van der Waals surface area contributed by atoms with Crippen molar-refractivity contribution in [3.8, 4) is 0 Å². The molecular formula is C47H61N5O12. The molecule has 3 fully saturated rings. The molecule has 2 amide bonds. The number of nitrogens with two attached hydrogens (primary N) is 2. The van der Waals surface area contributed by atoms with Gasteiger partial charge >= 0.3 is 11.9 Å². The van der Waals surface area contributed by atoms with Crippen LogP contribution in [0.1, 0.15) is 142 Å². The molecule has 3 aliphatic heterocycles. The smallest absolute Gasteiger partial charge is 0.374 e. The molecule has 0 unspecified atom stereocenters. The minimum atomic E-state index is -0.981. The van der Waals surface area contributed by atoms with Gasteiger partial charge in [0.15, 0.2) is 23.1 Å². The Bertz CT molecular complexity index is 1990. The van der Waals surface area contributed by atoms with E-state index < -0.39 is 41.5 Å². The average Bonchev–Trinajstić information content (AvgIpc) is 4.15. The zero-order valence-corrected chi connectivity index (χ0v) is 37.3. The molecule has 6 N–H and O–H groups in total. The number of hydrogen-bond donors (Lipinski definition) is 4. The lowest BCUT2D eigenvalue weighted by atomic mass is 10.0. The predicted octanol–water partition coefficient (Wildman–Crippen LogP) is 4.69. The third-order valence-electron chi connectivity index (χ3n) is 9.55. The molecule has 0 radical (unpaired) electrons. The molecule has 3 heterocycles. The molecule has 6 rings (SSSR count). The summed E-state index contributed by atoms with van der Waals surface area (Å²) in [5, 5.41) is 11.8. The fourth-order valence-corrected chi connectivity index (χ4v) is 5.93. The first kappa shape index (κ1) is 55.5. The maximum Gasteiger partial charge on any atom is 0.374 e. The number of rotatable bonds is 11. The van der Waals surface area contributed by atoms with Crippen molar-refractivity contribution in [1.29, 1.82) is 0 Å². The molecule has 0 saturated carbocycles. The SMILES string of the molecule is C1CCNC1.CC(=O)C(=O)CC(=O)c1ccc(C(=O)N2CCCC2)cc1.CC(=O)c1ccc(C(=O)N2CCCC2)cc1.CC(=O)c1ccc(C(=O)O)cc1.CCOC(=O)C(C)=O.NN. The van der Waals surface area contributed by atoms with Crippen LogP contribution in [0.2, 0.25) is 0 Å². The maximum absolute atomic E-state index is 12.1. The Hall–Kier alpha value is -6.56. The van der Waals surface area contributed by atoms with E-state index in [1.54, 1.807) is 48.2 Å². The van der Waals surface area contributed by atoms with Gasteiger partial charge in [0.05, 0.1) is 18.6 Å². The van der Waals surface area contributed by atoms with E-state index >= 15 is 0 Å². The first-order valence-electron chi connectivity index (χ1n) is 20.9. The summed E-state index contributed by atoms with van der Waals surface area (Å²) in [4.78, 5) is 114. The van der Waals surface area contributed by atoms with E-state index in [4.69, 9.17) is 5.11 Å². The highest BCUT2D eigenvalue weighted by Gasteiger charge is 2.21. The molecule has 17 nitrogen and oxygen atoms in total. The van der Waals surface area contributed by atoms with Gasteiger partial charge in [-0.25, -0.2) is 9.59 Å². The van der Waals surface area contributed by atoms with Gasteiger partial charge in [0.1, 0.15) is 0 Å². The number of carboxylic acids is 1. The van der Waals surface area contributed by atoms with Gasteiger partial charge < -0.3 is 25.0 Å². The second kappa shape index (κ2) is 30.5. The van der Waals surface area contributed by atoms with Crippen molar-refractivity contribution in [1.82, 2.24) is 15.1 Å².